The van der Waals surface area contributed by atoms with E-state index in [0.29, 0.717) is 0 Å². The van der Waals surface area contributed by atoms with Crippen LogP contribution < -0.4 is 9.80 Å². The van der Waals surface area contributed by atoms with E-state index in [2.05, 4.69) is 121 Å². The minimum atomic E-state index is 1.06. The van der Waals surface area contributed by atoms with Crippen molar-refractivity contribution in [3.63, 3.8) is 0 Å². The van der Waals surface area contributed by atoms with Crippen LogP contribution >= 0.6 is 23.5 Å². The second-order valence-electron chi connectivity index (χ2n) is 12.2. The Labute approximate surface area is 272 Å². The van der Waals surface area contributed by atoms with Crippen LogP contribution in [0.1, 0.15) is 87.5 Å². The van der Waals surface area contributed by atoms with Gasteiger partial charge in [-0.1, -0.05) is 124 Å². The molecule has 3 aliphatic heterocycles. The Kier molecular flexibility index (Phi) is 8.91. The third kappa shape index (κ3) is 6.12. The summed E-state index contributed by atoms with van der Waals surface area (Å²) in [6.07, 6.45) is 19.3. The molecule has 0 aliphatic carbocycles. The predicted octanol–water partition coefficient (Wildman–Crippen LogP) is 12.7. The van der Waals surface area contributed by atoms with E-state index in [9.17, 15) is 0 Å². The van der Waals surface area contributed by atoms with Crippen LogP contribution in [0.4, 0.5) is 22.7 Å². The van der Waals surface area contributed by atoms with E-state index < -0.39 is 0 Å². The molecule has 0 saturated carbocycles. The number of hydrogen-bond donors (Lipinski definition) is 0. The zero-order chi connectivity index (χ0) is 29.9. The van der Waals surface area contributed by atoms with E-state index in [-0.39, 0.29) is 0 Å². The summed E-state index contributed by atoms with van der Waals surface area (Å²) >= 11 is 3.83. The van der Waals surface area contributed by atoms with Gasteiger partial charge in [0.25, 0.3) is 0 Å². The maximum atomic E-state index is 2.56. The molecule has 2 nitrogen and oxygen atoms in total. The average Bonchev–Trinajstić information content (AvgIpc) is 3.05. The van der Waals surface area contributed by atoms with Crippen LogP contribution in [0, 0.1) is 0 Å². The van der Waals surface area contributed by atoms with Gasteiger partial charge in [0.05, 0.1) is 22.7 Å². The number of rotatable bonds is 10. The summed E-state index contributed by atoms with van der Waals surface area (Å²) in [6.45, 7) is 6.69. The molecule has 0 fully saturated rings. The highest BCUT2D eigenvalue weighted by Crippen LogP contribution is 2.51. The van der Waals surface area contributed by atoms with Gasteiger partial charge >= 0.3 is 0 Å². The average molecular weight is 615 g/mol. The van der Waals surface area contributed by atoms with Crippen LogP contribution in [0.2, 0.25) is 0 Å². The van der Waals surface area contributed by atoms with Gasteiger partial charge in [0.15, 0.2) is 0 Å². The van der Waals surface area contributed by atoms with Crippen LogP contribution in [0.3, 0.4) is 0 Å². The molecular weight excluding hydrogens is 573 g/mol. The Morgan fingerprint density at radius 1 is 0.409 bits per heavy atom. The lowest BCUT2D eigenvalue weighted by atomic mass is 10.1. The number of unbranched alkanes of at least 4 members (excludes halogenated alkanes) is 6. The topological polar surface area (TPSA) is 6.48 Å². The Balaban J connectivity index is 1.30. The van der Waals surface area contributed by atoms with Gasteiger partial charge in [-0.25, -0.2) is 0 Å². The molecule has 3 aliphatic rings. The van der Waals surface area contributed by atoms with Crippen molar-refractivity contribution in [2.45, 2.75) is 84.8 Å². The fourth-order valence-electron chi connectivity index (χ4n) is 6.51. The smallest absolute Gasteiger partial charge is 0.0553 e. The number of anilines is 4. The van der Waals surface area contributed by atoms with Crippen molar-refractivity contribution in [1.29, 1.82) is 0 Å². The molecule has 8 bridgehead atoms. The summed E-state index contributed by atoms with van der Waals surface area (Å²) in [5.41, 5.74) is 10.4. The number of nitrogens with zero attached hydrogens (tertiary/aromatic N) is 2. The molecule has 0 aromatic heterocycles. The summed E-state index contributed by atoms with van der Waals surface area (Å²) < 4.78 is 0. The van der Waals surface area contributed by atoms with Crippen molar-refractivity contribution in [1.82, 2.24) is 0 Å². The highest BCUT2D eigenvalue weighted by Gasteiger charge is 2.25. The SMILES string of the molecule is CCCCCCN1c2ccc3cc2Sc2cc(ccc21)C=Cc1ccc2c(c1)Sc1cc(ccc1N2CCCCCC)C=C3. The van der Waals surface area contributed by atoms with E-state index in [1.807, 2.05) is 23.5 Å². The van der Waals surface area contributed by atoms with Gasteiger partial charge in [-0.15, -0.1) is 0 Å². The first-order valence-electron chi connectivity index (χ1n) is 16.5. The molecule has 4 heteroatoms. The standard InChI is InChI=1S/C40H42N2S2/c1-3-5-7-9-23-41-33-19-15-29-11-13-31-17-21-35-39(27-31)44-40-28-32(18-22-36(40)42(35)24-10-8-6-4-2)14-12-30-16-20-34(41)38(26-30)43-37(33)25-29/h11-22,25-28H,3-10,23-24H2,1-2H3. The molecule has 0 N–H and O–H groups in total. The molecule has 4 aromatic carbocycles. The first kappa shape index (κ1) is 29.4. The van der Waals surface area contributed by atoms with Gasteiger partial charge in [-0.05, 0) is 83.6 Å². The van der Waals surface area contributed by atoms with Crippen molar-refractivity contribution < 1.29 is 0 Å². The Hall–Kier alpha value is -3.34. The lowest BCUT2D eigenvalue weighted by Crippen LogP contribution is -2.22. The summed E-state index contributed by atoms with van der Waals surface area (Å²) in [4.78, 5) is 10.5. The largest absolute Gasteiger partial charge is 0.340 e. The fourth-order valence-corrected chi connectivity index (χ4v) is 8.90. The molecule has 7 rings (SSSR count). The first-order chi connectivity index (χ1) is 21.7. The van der Waals surface area contributed by atoms with E-state index in [0.717, 1.165) is 13.1 Å². The molecular formula is C40H42N2S2. The molecule has 4 aromatic rings. The quantitative estimate of drug-likeness (QED) is 0.144. The summed E-state index contributed by atoms with van der Waals surface area (Å²) in [7, 11) is 0. The number of hydrogen-bond acceptors (Lipinski definition) is 4. The minimum absolute atomic E-state index is 1.06. The van der Waals surface area contributed by atoms with Gasteiger partial charge in [-0.2, -0.15) is 0 Å². The lowest BCUT2D eigenvalue weighted by molar-refractivity contribution is 0.665. The third-order valence-corrected chi connectivity index (χ3v) is 11.1. The van der Waals surface area contributed by atoms with E-state index in [1.165, 1.54) is 116 Å². The Morgan fingerprint density at radius 2 is 0.727 bits per heavy atom. The summed E-state index contributed by atoms with van der Waals surface area (Å²) in [5, 5.41) is 0. The normalized spacial score (nSPS) is 14.1. The van der Waals surface area contributed by atoms with Crippen LogP contribution in [0.25, 0.3) is 24.3 Å². The highest BCUT2D eigenvalue weighted by molar-refractivity contribution is 8.00. The monoisotopic (exact) mass is 614 g/mol. The van der Waals surface area contributed by atoms with E-state index in [1.54, 1.807) is 0 Å². The first-order valence-corrected chi connectivity index (χ1v) is 18.2. The van der Waals surface area contributed by atoms with E-state index in [4.69, 9.17) is 0 Å². The minimum Gasteiger partial charge on any atom is -0.340 e. The van der Waals surface area contributed by atoms with Gasteiger partial charge in [0, 0.05) is 32.7 Å². The molecule has 3 heterocycles. The van der Waals surface area contributed by atoms with Crippen LogP contribution in [-0.4, -0.2) is 13.1 Å². The van der Waals surface area contributed by atoms with Crippen molar-refractivity contribution in [3.05, 3.63) is 95.1 Å². The van der Waals surface area contributed by atoms with E-state index >= 15 is 0 Å². The second-order valence-corrected chi connectivity index (χ2v) is 14.4. The zero-order valence-electron chi connectivity index (χ0n) is 26.0. The second kappa shape index (κ2) is 13.3. The van der Waals surface area contributed by atoms with Crippen molar-refractivity contribution >= 4 is 70.6 Å². The predicted molar refractivity (Wildman–Crippen MR) is 194 cm³/mol. The summed E-state index contributed by atoms with van der Waals surface area (Å²) in [5.74, 6) is 0. The van der Waals surface area contributed by atoms with Crippen molar-refractivity contribution in [3.8, 4) is 0 Å². The maximum Gasteiger partial charge on any atom is 0.0553 e. The fraction of sp³-hybridized carbons (Fsp3) is 0.300. The molecule has 224 valence electrons. The van der Waals surface area contributed by atoms with Crippen LogP contribution in [0.15, 0.2) is 92.4 Å². The van der Waals surface area contributed by atoms with Crippen molar-refractivity contribution in [2.24, 2.45) is 0 Å². The van der Waals surface area contributed by atoms with Crippen LogP contribution in [0.5, 0.6) is 0 Å². The maximum absolute atomic E-state index is 2.56. The highest BCUT2D eigenvalue weighted by atomic mass is 32.2. The molecule has 0 atom stereocenters. The summed E-state index contributed by atoms with van der Waals surface area (Å²) in [6, 6.07) is 28.0. The van der Waals surface area contributed by atoms with Gasteiger partial charge < -0.3 is 9.80 Å². The number of fused-ring (bicyclic) bond motifs is 4. The third-order valence-electron chi connectivity index (χ3n) is 8.95. The zero-order valence-corrected chi connectivity index (χ0v) is 27.7. The molecule has 0 radical (unpaired) electrons. The molecule has 0 spiro atoms. The Bertz CT molecular complexity index is 1480. The number of benzene rings is 4. The Morgan fingerprint density at radius 3 is 1.02 bits per heavy atom. The molecule has 0 saturated heterocycles. The van der Waals surface area contributed by atoms with Crippen LogP contribution in [-0.2, 0) is 0 Å². The van der Waals surface area contributed by atoms with Gasteiger partial charge in [-0.3, -0.25) is 0 Å². The molecule has 0 amide bonds. The molecule has 0 unspecified atom stereocenters. The van der Waals surface area contributed by atoms with Gasteiger partial charge in [0.1, 0.15) is 0 Å². The van der Waals surface area contributed by atoms with Gasteiger partial charge in [0.2, 0.25) is 0 Å². The lowest BCUT2D eigenvalue weighted by Gasteiger charge is -2.33. The van der Waals surface area contributed by atoms with Crippen molar-refractivity contribution in [2.75, 3.05) is 22.9 Å². The molecule has 44 heavy (non-hydrogen) atoms.